The third-order valence-corrected chi connectivity index (χ3v) is 18.8. The van der Waals surface area contributed by atoms with E-state index in [4.69, 9.17) is 130 Å². The minimum Gasteiger partial charge on any atom is -0.389 e. The zero-order chi connectivity index (χ0) is 68.8. The average molecular weight is 1370 g/mol. The second-order valence-electron chi connectivity index (χ2n) is 25.5. The van der Waals surface area contributed by atoms with E-state index < -0.39 is 233 Å². The zero-order valence-corrected chi connectivity index (χ0v) is 51.5. The van der Waals surface area contributed by atoms with Gasteiger partial charge in [-0.05, 0) is 12.8 Å². The molecule has 36 N–H and O–H groups in total. The van der Waals surface area contributed by atoms with Crippen molar-refractivity contribution in [1.82, 2.24) is 30.0 Å². The predicted octanol–water partition coefficient (Wildman–Crippen LogP) is -17.2. The van der Waals surface area contributed by atoms with Crippen molar-refractivity contribution in [3.8, 4) is 0 Å². The van der Waals surface area contributed by atoms with Gasteiger partial charge in [0, 0.05) is 56.8 Å². The van der Waals surface area contributed by atoms with Crippen LogP contribution in [-0.4, -0.2) is 350 Å². The van der Waals surface area contributed by atoms with Gasteiger partial charge >= 0.3 is 0 Å². The highest BCUT2D eigenvalue weighted by atomic mass is 16.8. The van der Waals surface area contributed by atoms with Crippen LogP contribution in [0.4, 0.5) is 0 Å². The summed E-state index contributed by atoms with van der Waals surface area (Å²) in [4.78, 5) is 0. The molecule has 10 rings (SSSR count). The molecule has 2 aromatic heterocycles. The Bertz CT molecular complexity index is 2540. The van der Waals surface area contributed by atoms with Crippen LogP contribution in [0.5, 0.6) is 0 Å². The molecule has 0 bridgehead atoms. The summed E-state index contributed by atoms with van der Waals surface area (Å²) in [5, 5.41) is 149. The molecule has 2 aliphatic carbocycles. The van der Waals surface area contributed by atoms with Crippen molar-refractivity contribution >= 4 is 0 Å². The molecule has 8 fully saturated rings. The van der Waals surface area contributed by atoms with Gasteiger partial charge in [0.25, 0.3) is 0 Å². The highest BCUT2D eigenvalue weighted by Crippen LogP contribution is 2.38. The van der Waals surface area contributed by atoms with Gasteiger partial charge in [-0.3, -0.25) is 0 Å². The Morgan fingerprint density at radius 3 is 1.08 bits per heavy atom. The van der Waals surface area contributed by atoms with Crippen LogP contribution in [0.2, 0.25) is 0 Å². The molecule has 0 radical (unpaired) electrons. The van der Waals surface area contributed by atoms with Gasteiger partial charge in [0.2, 0.25) is 0 Å². The summed E-state index contributed by atoms with van der Waals surface area (Å²) in [6.07, 6.45) is -40.3. The van der Waals surface area contributed by atoms with E-state index in [0.717, 1.165) is 0 Å². The number of hydrogen-bond donors (Lipinski definition) is 24. The van der Waals surface area contributed by atoms with Crippen LogP contribution in [0.15, 0.2) is 12.4 Å². The van der Waals surface area contributed by atoms with Crippen LogP contribution in [0.3, 0.4) is 0 Å². The first-order chi connectivity index (χ1) is 45.2. The Balaban J connectivity index is 0.812. The minimum atomic E-state index is -1.75. The molecule has 0 spiro atoms. The zero-order valence-electron chi connectivity index (χ0n) is 51.5. The van der Waals surface area contributed by atoms with Gasteiger partial charge in [0.05, 0.1) is 73.7 Å². The second-order valence-corrected chi connectivity index (χ2v) is 25.5. The molecule has 8 heterocycles. The number of aliphatic hydroxyl groups is 12. The summed E-state index contributed by atoms with van der Waals surface area (Å²) in [6, 6.07) is -9.29. The summed E-state index contributed by atoms with van der Waals surface area (Å²) in [7, 11) is 0. The lowest BCUT2D eigenvalue weighted by molar-refractivity contribution is -0.306. The van der Waals surface area contributed by atoms with E-state index in [2.05, 4.69) is 20.6 Å². The van der Waals surface area contributed by atoms with Crippen molar-refractivity contribution in [2.45, 2.75) is 272 Å². The first kappa shape index (κ1) is 74.5. The highest BCUT2D eigenvalue weighted by Gasteiger charge is 2.58. The molecule has 20 unspecified atom stereocenters. The standard InChI is InChI=1S/C52H96N18O25/c53-4-20-31(73)35(77)25(61)47(85-20)90-41-17(59)2-15(57)29(71)45(41)94-51-39(81)43(92-49-27(63)37(79)33(75)22(6-55)87-49)19(84-51)1-13-8-70(68-65-13)12-83-11-14-9-69(67-66-14)10-24-44(93-50-28(64)38(80)34(76)23(7-56)88-50)40(82)52(89-24)95-46-30(72)16(58)3-18(60)42(46)91-48-26(62)36(78)32(74)21(5-54)86-48/h8-9,15-52,71-82H,1-7,10-12,53-64H2/t15-,16+,17?,18?,19+,20?,21?,22+,23-,24+,25?,26?,27?,28?,29-,30?,31?,32+,33?,34?,35+,36+,37?,38?,39?,40-,41?,42?,43?,44-,45?,46+,47-,48+,49-,50+,51-,52?/m0/s1. The number of aromatic nitrogens is 6. The van der Waals surface area contributed by atoms with Crippen LogP contribution in [-0.2, 0) is 87.9 Å². The average Bonchev–Trinajstić information content (AvgIpc) is 1.72. The first-order valence-corrected chi connectivity index (χ1v) is 31.4. The molecule has 8 aliphatic rings. The molecule has 2 aromatic rings. The van der Waals surface area contributed by atoms with Crippen LogP contribution in [0.25, 0.3) is 0 Å². The smallest absolute Gasteiger partial charge is 0.187 e. The lowest BCUT2D eigenvalue weighted by Crippen LogP contribution is -2.68. The van der Waals surface area contributed by atoms with Crippen molar-refractivity contribution < 1.29 is 123 Å². The molecule has 2 saturated carbocycles. The largest absolute Gasteiger partial charge is 0.389 e. The maximum Gasteiger partial charge on any atom is 0.187 e. The summed E-state index contributed by atoms with van der Waals surface area (Å²) >= 11 is 0. The van der Waals surface area contributed by atoms with Crippen molar-refractivity contribution in [2.75, 3.05) is 26.2 Å². The van der Waals surface area contributed by atoms with Crippen LogP contribution in [0.1, 0.15) is 24.2 Å². The molecule has 43 nitrogen and oxygen atoms in total. The van der Waals surface area contributed by atoms with E-state index in [1.54, 1.807) is 0 Å². The minimum absolute atomic E-state index is 0.00282. The predicted molar refractivity (Wildman–Crippen MR) is 311 cm³/mol. The quantitative estimate of drug-likeness (QED) is 0.0464. The topological polar surface area (TPSA) is 736 Å². The van der Waals surface area contributed by atoms with Crippen molar-refractivity contribution in [1.29, 1.82) is 0 Å². The third-order valence-electron chi connectivity index (χ3n) is 18.8. The fraction of sp³-hybridized carbons (Fsp3) is 0.923. The Hall–Kier alpha value is -3.20. The Morgan fingerprint density at radius 1 is 0.358 bits per heavy atom. The third kappa shape index (κ3) is 15.8. The number of ether oxygens (including phenoxy) is 13. The molecule has 0 amide bonds. The van der Waals surface area contributed by atoms with Crippen LogP contribution < -0.4 is 68.8 Å². The molecule has 0 aromatic carbocycles. The number of hydrogen-bond acceptors (Lipinski definition) is 41. The Morgan fingerprint density at radius 2 is 0.684 bits per heavy atom. The maximum absolute atomic E-state index is 12.0. The summed E-state index contributed by atoms with van der Waals surface area (Å²) < 4.78 is 81.9. The van der Waals surface area contributed by atoms with Gasteiger partial charge in [-0.2, -0.15) is 0 Å². The first-order valence-electron chi connectivity index (χ1n) is 31.4. The summed E-state index contributed by atoms with van der Waals surface area (Å²) in [5.74, 6) is 0. The SMILES string of the molecule is NCC1O[C@@H](OC2C(N)C[C@H](N)[C@H](O)C2O[C@@H]2O[C@H](Cc3cn(COCc4cn(C[C@H]5OC(O[C@H]6C(O[C@H]7OC(CN)[C@@H](O)[C@H](O)C7N)C(N)C[C@@H](N)C6O)[C@@H](O)[C@H]5O[C@H]5O[C@@H](CN)C(O)C(O)C5N)nn4)nn3)C(O[C@@H]3O[C@H](CN)C(O)C(O)C3N)C2O)C(N)[C@@H](O)C1O. The maximum atomic E-state index is 12.0. The number of aliphatic hydroxyl groups excluding tert-OH is 12. The van der Waals surface area contributed by atoms with E-state index in [0.29, 0.717) is 0 Å². The van der Waals surface area contributed by atoms with Crippen molar-refractivity contribution in [3.05, 3.63) is 23.8 Å². The van der Waals surface area contributed by atoms with Gasteiger partial charge in [0.15, 0.2) is 37.7 Å². The monoisotopic (exact) mass is 1370 g/mol. The molecular weight excluding hydrogens is 1280 g/mol. The van der Waals surface area contributed by atoms with Gasteiger partial charge in [-0.25, -0.2) is 9.36 Å². The number of nitrogens with two attached hydrogens (primary N) is 12. The molecule has 6 saturated heterocycles. The Labute approximate surface area is 542 Å². The van der Waals surface area contributed by atoms with E-state index in [1.807, 2.05) is 0 Å². The van der Waals surface area contributed by atoms with Gasteiger partial charge in [-0.15, -0.1) is 10.2 Å². The Kier molecular flexibility index (Phi) is 24.9. The fourth-order valence-electron chi connectivity index (χ4n) is 13.1. The lowest BCUT2D eigenvalue weighted by atomic mass is 9.84. The summed E-state index contributed by atoms with van der Waals surface area (Å²) in [6.45, 7) is -1.61. The second kappa shape index (κ2) is 31.8. The van der Waals surface area contributed by atoms with Crippen molar-refractivity contribution in [2.24, 2.45) is 68.8 Å². The van der Waals surface area contributed by atoms with E-state index in [1.165, 1.54) is 21.8 Å². The van der Waals surface area contributed by atoms with E-state index >= 15 is 0 Å². The van der Waals surface area contributed by atoms with Gasteiger partial charge in [-0.1, -0.05) is 10.4 Å². The van der Waals surface area contributed by atoms with Gasteiger partial charge in [0.1, 0.15) is 141 Å². The highest BCUT2D eigenvalue weighted by molar-refractivity contribution is 5.07. The molecule has 43 heteroatoms. The molecule has 38 atom stereocenters. The number of rotatable bonds is 24. The normalized spacial score (nSPS) is 49.1. The van der Waals surface area contributed by atoms with Gasteiger partial charge < -0.3 is 192 Å². The van der Waals surface area contributed by atoms with Crippen molar-refractivity contribution in [3.63, 3.8) is 0 Å². The van der Waals surface area contributed by atoms with E-state index in [9.17, 15) is 61.3 Å². The molecular formula is C52H96N18O25. The fourth-order valence-corrected chi connectivity index (χ4v) is 13.1. The van der Waals surface area contributed by atoms with Crippen LogP contribution in [0, 0.1) is 0 Å². The lowest BCUT2D eigenvalue weighted by Gasteiger charge is -2.47. The molecule has 95 heavy (non-hydrogen) atoms. The van der Waals surface area contributed by atoms with Crippen LogP contribution >= 0.6 is 0 Å². The van der Waals surface area contributed by atoms with E-state index in [-0.39, 0.29) is 76.7 Å². The number of nitrogens with zero attached hydrogens (tertiary/aromatic N) is 6. The molecule has 6 aliphatic heterocycles. The summed E-state index contributed by atoms with van der Waals surface area (Å²) in [5.41, 5.74) is 74.5. The molecule has 544 valence electrons.